The first-order valence-electron chi connectivity index (χ1n) is 12.1. The number of imidazole rings is 1. The van der Waals surface area contributed by atoms with Gasteiger partial charge in [-0.25, -0.2) is 9.97 Å². The molecule has 0 atom stereocenters. The van der Waals surface area contributed by atoms with Gasteiger partial charge in [-0.2, -0.15) is 0 Å². The summed E-state index contributed by atoms with van der Waals surface area (Å²) >= 11 is 0. The number of nitrogens with zero attached hydrogens (tertiary/aromatic N) is 4. The van der Waals surface area contributed by atoms with E-state index in [9.17, 15) is 4.79 Å². The fourth-order valence-corrected chi connectivity index (χ4v) is 5.24. The van der Waals surface area contributed by atoms with Gasteiger partial charge in [-0.05, 0) is 44.2 Å². The Balaban J connectivity index is 1.24. The molecule has 4 aromatic rings. The number of fused-ring (bicyclic) bond motifs is 2. The molecule has 33 heavy (non-hydrogen) atoms. The summed E-state index contributed by atoms with van der Waals surface area (Å²) in [5.74, 6) is 2.04. The minimum atomic E-state index is 0.0684. The number of hydrogen-bond acceptors (Lipinski definition) is 4. The van der Waals surface area contributed by atoms with Crippen molar-refractivity contribution in [1.29, 1.82) is 0 Å². The molecule has 2 aliphatic heterocycles. The van der Waals surface area contributed by atoms with Crippen molar-refractivity contribution in [2.24, 2.45) is 0 Å². The molecule has 0 unspecified atom stereocenters. The predicted molar refractivity (Wildman–Crippen MR) is 127 cm³/mol. The molecule has 6 nitrogen and oxygen atoms in total. The van der Waals surface area contributed by atoms with Gasteiger partial charge in [0, 0.05) is 31.1 Å². The molecule has 6 heteroatoms. The number of rotatable bonds is 3. The van der Waals surface area contributed by atoms with E-state index in [0.717, 1.165) is 72.7 Å². The highest BCUT2D eigenvalue weighted by atomic mass is 16.3. The van der Waals surface area contributed by atoms with Crippen LogP contribution in [-0.2, 0) is 13.0 Å². The minimum Gasteiger partial charge on any atom is -0.440 e. The lowest BCUT2D eigenvalue weighted by Gasteiger charge is -2.30. The van der Waals surface area contributed by atoms with Crippen LogP contribution >= 0.6 is 0 Å². The smallest absolute Gasteiger partial charge is 0.274 e. The maximum atomic E-state index is 13.6. The number of benzene rings is 2. The van der Waals surface area contributed by atoms with Crippen LogP contribution in [0.15, 0.2) is 59.0 Å². The van der Waals surface area contributed by atoms with Gasteiger partial charge < -0.3 is 13.9 Å². The average molecular weight is 441 g/mol. The summed E-state index contributed by atoms with van der Waals surface area (Å²) in [5.41, 5.74) is 4.57. The van der Waals surface area contributed by atoms with E-state index in [4.69, 9.17) is 9.40 Å². The Morgan fingerprint density at radius 1 is 0.879 bits per heavy atom. The maximum absolute atomic E-state index is 13.6. The van der Waals surface area contributed by atoms with Gasteiger partial charge in [-0.1, -0.05) is 48.9 Å². The van der Waals surface area contributed by atoms with Crippen molar-refractivity contribution in [2.75, 3.05) is 13.1 Å². The summed E-state index contributed by atoms with van der Waals surface area (Å²) in [6.45, 7) is 2.34. The van der Waals surface area contributed by atoms with Crippen molar-refractivity contribution < 1.29 is 9.21 Å². The van der Waals surface area contributed by atoms with Crippen LogP contribution in [0.4, 0.5) is 0 Å². The van der Waals surface area contributed by atoms with E-state index < -0.39 is 0 Å². The van der Waals surface area contributed by atoms with E-state index in [1.54, 1.807) is 0 Å². The van der Waals surface area contributed by atoms with Gasteiger partial charge in [0.25, 0.3) is 5.91 Å². The number of likely N-dealkylation sites (tertiary alicyclic amines) is 1. The van der Waals surface area contributed by atoms with Crippen molar-refractivity contribution in [3.8, 4) is 11.4 Å². The van der Waals surface area contributed by atoms with Crippen LogP contribution in [0.3, 0.4) is 0 Å². The van der Waals surface area contributed by atoms with Crippen molar-refractivity contribution in [1.82, 2.24) is 19.4 Å². The molecular formula is C27H28N4O2. The molecule has 0 aliphatic carbocycles. The summed E-state index contributed by atoms with van der Waals surface area (Å²) in [4.78, 5) is 25.2. The molecule has 6 rings (SSSR count). The highest BCUT2D eigenvalue weighted by Gasteiger charge is 2.31. The number of hydrogen-bond donors (Lipinski definition) is 0. The average Bonchev–Trinajstić information content (AvgIpc) is 3.38. The van der Waals surface area contributed by atoms with Crippen LogP contribution in [0.25, 0.3) is 22.5 Å². The zero-order valence-corrected chi connectivity index (χ0v) is 18.7. The Labute approximate surface area is 193 Å². The molecule has 4 heterocycles. The third-order valence-corrected chi connectivity index (χ3v) is 7.04. The zero-order valence-electron chi connectivity index (χ0n) is 18.7. The van der Waals surface area contributed by atoms with E-state index in [1.165, 1.54) is 6.42 Å². The molecule has 0 radical (unpaired) electrons. The summed E-state index contributed by atoms with van der Waals surface area (Å²) in [5, 5.41) is 0. The standard InChI is InChI=1S/C27H28N4O2/c32-27(30-17-14-20(15-18-30)26-28-21-11-6-7-13-23(21)33-26)24-22-12-5-2-8-16-31(22)25(29-24)19-9-3-1-4-10-19/h1,3-4,6-7,9-11,13,20H,2,5,8,12,14-18H2. The lowest BCUT2D eigenvalue weighted by atomic mass is 9.96. The SMILES string of the molecule is O=C(c1nc(-c2ccccc2)n2c1CCCCC2)N1CCC(c2nc3ccccc3o2)CC1. The van der Waals surface area contributed by atoms with Crippen LogP contribution < -0.4 is 0 Å². The molecule has 1 amide bonds. The normalized spacial score (nSPS) is 17.2. The minimum absolute atomic E-state index is 0.0684. The molecule has 2 aromatic carbocycles. The van der Waals surface area contributed by atoms with Crippen molar-refractivity contribution in [3.63, 3.8) is 0 Å². The summed E-state index contributed by atoms with van der Waals surface area (Å²) in [7, 11) is 0. The lowest BCUT2D eigenvalue weighted by molar-refractivity contribution is 0.0700. The first-order valence-corrected chi connectivity index (χ1v) is 12.1. The highest BCUT2D eigenvalue weighted by Crippen LogP contribution is 2.32. The Kier molecular flexibility index (Phi) is 5.21. The molecular weight excluding hydrogens is 412 g/mol. The van der Waals surface area contributed by atoms with Gasteiger partial charge >= 0.3 is 0 Å². The maximum Gasteiger partial charge on any atom is 0.274 e. The van der Waals surface area contributed by atoms with E-state index in [0.29, 0.717) is 18.8 Å². The molecule has 1 fully saturated rings. The molecule has 168 valence electrons. The summed E-state index contributed by atoms with van der Waals surface area (Å²) in [6.07, 6.45) is 6.08. The summed E-state index contributed by atoms with van der Waals surface area (Å²) < 4.78 is 8.29. The highest BCUT2D eigenvalue weighted by molar-refractivity contribution is 5.94. The third kappa shape index (κ3) is 3.73. The number of amides is 1. The number of aromatic nitrogens is 3. The van der Waals surface area contributed by atoms with Gasteiger partial charge in [0.05, 0.1) is 5.69 Å². The van der Waals surface area contributed by atoms with Gasteiger partial charge in [-0.15, -0.1) is 0 Å². The molecule has 0 N–H and O–H groups in total. The topological polar surface area (TPSA) is 64.2 Å². The first-order chi connectivity index (χ1) is 16.3. The van der Waals surface area contributed by atoms with Crippen LogP contribution in [-0.4, -0.2) is 38.4 Å². The predicted octanol–water partition coefficient (Wildman–Crippen LogP) is 5.44. The zero-order chi connectivity index (χ0) is 22.2. The van der Waals surface area contributed by atoms with Crippen LogP contribution in [0.1, 0.15) is 60.1 Å². The summed E-state index contributed by atoms with van der Waals surface area (Å²) in [6, 6.07) is 18.1. The van der Waals surface area contributed by atoms with Crippen LogP contribution in [0.5, 0.6) is 0 Å². The second-order valence-corrected chi connectivity index (χ2v) is 9.15. The van der Waals surface area contributed by atoms with Crippen molar-refractivity contribution in [3.05, 3.63) is 71.9 Å². The molecule has 0 spiro atoms. The Hall–Kier alpha value is -3.41. The van der Waals surface area contributed by atoms with Crippen molar-refractivity contribution in [2.45, 2.75) is 51.0 Å². The number of oxazole rings is 1. The molecule has 2 aliphatic rings. The van der Waals surface area contributed by atoms with Gasteiger partial charge in [0.15, 0.2) is 11.5 Å². The first kappa shape index (κ1) is 20.2. The van der Waals surface area contributed by atoms with Crippen molar-refractivity contribution >= 4 is 17.0 Å². The van der Waals surface area contributed by atoms with E-state index in [1.807, 2.05) is 47.4 Å². The quantitative estimate of drug-likeness (QED) is 0.426. The van der Waals surface area contributed by atoms with Crippen LogP contribution in [0.2, 0.25) is 0 Å². The van der Waals surface area contributed by atoms with Gasteiger partial charge in [0.1, 0.15) is 17.0 Å². The fraction of sp³-hybridized carbons (Fsp3) is 0.370. The van der Waals surface area contributed by atoms with Gasteiger partial charge in [0.2, 0.25) is 0 Å². The second-order valence-electron chi connectivity index (χ2n) is 9.15. The monoisotopic (exact) mass is 440 g/mol. The second kappa shape index (κ2) is 8.50. The largest absolute Gasteiger partial charge is 0.440 e. The number of carbonyl (C=O) groups excluding carboxylic acids is 1. The Morgan fingerprint density at radius 3 is 2.48 bits per heavy atom. The van der Waals surface area contributed by atoms with E-state index in [-0.39, 0.29) is 11.8 Å². The van der Waals surface area contributed by atoms with E-state index in [2.05, 4.69) is 21.7 Å². The number of para-hydroxylation sites is 2. The fourth-order valence-electron chi connectivity index (χ4n) is 5.24. The molecule has 1 saturated heterocycles. The molecule has 0 saturated carbocycles. The Morgan fingerprint density at radius 2 is 1.67 bits per heavy atom. The third-order valence-electron chi connectivity index (χ3n) is 7.04. The lowest BCUT2D eigenvalue weighted by Crippen LogP contribution is -2.38. The number of carbonyl (C=O) groups is 1. The molecule has 0 bridgehead atoms. The number of piperidine rings is 1. The van der Waals surface area contributed by atoms with Crippen LogP contribution in [0, 0.1) is 0 Å². The van der Waals surface area contributed by atoms with Gasteiger partial charge in [-0.3, -0.25) is 4.79 Å². The Bertz CT molecular complexity index is 1250. The van der Waals surface area contributed by atoms with E-state index >= 15 is 0 Å². The molecule has 2 aromatic heterocycles.